The van der Waals surface area contributed by atoms with Crippen LogP contribution in [-0.4, -0.2) is 75.4 Å². The number of primary amides is 1. The summed E-state index contributed by atoms with van der Waals surface area (Å²) in [6, 6.07) is 6.94. The van der Waals surface area contributed by atoms with Crippen molar-refractivity contribution in [3.8, 4) is 5.75 Å². The van der Waals surface area contributed by atoms with Gasteiger partial charge in [-0.05, 0) is 39.8 Å². The molecule has 6 atom stereocenters. The highest BCUT2D eigenvalue weighted by Crippen LogP contribution is 2.47. The Morgan fingerprint density at radius 2 is 1.55 bits per heavy atom. The van der Waals surface area contributed by atoms with Gasteiger partial charge < -0.3 is 39.5 Å². The normalized spacial score (nSPS) is 20.7. The lowest BCUT2D eigenvalue weighted by atomic mass is 10.1. The van der Waals surface area contributed by atoms with E-state index >= 15 is 0 Å². The molecule has 51 heavy (non-hydrogen) atoms. The molecular weight excluding hydrogens is 687 g/mol. The van der Waals surface area contributed by atoms with E-state index in [1.54, 1.807) is 66.7 Å². The number of hydrogen-bond acceptors (Lipinski definition) is 14. The zero-order chi connectivity index (χ0) is 37.8. The van der Waals surface area contributed by atoms with Crippen molar-refractivity contribution in [1.29, 1.82) is 0 Å². The van der Waals surface area contributed by atoms with Crippen molar-refractivity contribution in [3.05, 3.63) is 47.9 Å². The van der Waals surface area contributed by atoms with Crippen molar-refractivity contribution in [1.82, 2.24) is 19.6 Å². The summed E-state index contributed by atoms with van der Waals surface area (Å²) >= 11 is 0. The summed E-state index contributed by atoms with van der Waals surface area (Å²) in [4.78, 5) is 60.0. The Labute approximate surface area is 295 Å². The van der Waals surface area contributed by atoms with Crippen LogP contribution in [0.25, 0.3) is 11.0 Å². The lowest BCUT2D eigenvalue weighted by Gasteiger charge is -2.27. The molecule has 0 saturated carbocycles. The maximum atomic E-state index is 14.3. The highest BCUT2D eigenvalue weighted by atomic mass is 31.2. The number of nitrogens with one attached hydrogen (secondary N) is 1. The summed E-state index contributed by atoms with van der Waals surface area (Å²) in [5.74, 6) is -3.73. The smallest absolute Gasteiger partial charge is 0.459 e. The molecule has 2 aromatic heterocycles. The number of amides is 1. The number of ether oxygens (including phenoxy) is 4. The zero-order valence-corrected chi connectivity index (χ0v) is 30.6. The molecule has 1 fully saturated rings. The molecule has 1 aliphatic rings. The number of aromatic nitrogens is 3. The number of nitrogen functional groups attached to an aromatic ring is 1. The Morgan fingerprint density at radius 1 is 0.941 bits per heavy atom. The molecule has 1 amide bonds. The van der Waals surface area contributed by atoms with Gasteiger partial charge in [0.05, 0.1) is 35.5 Å². The van der Waals surface area contributed by atoms with E-state index in [0.29, 0.717) is 0 Å². The third-order valence-corrected chi connectivity index (χ3v) is 9.16. The molecule has 3 aromatic rings. The quantitative estimate of drug-likeness (QED) is 0.115. The molecule has 4 rings (SSSR count). The second-order valence-corrected chi connectivity index (χ2v) is 14.6. The van der Waals surface area contributed by atoms with E-state index < -0.39 is 86.7 Å². The van der Waals surface area contributed by atoms with E-state index in [2.05, 4.69) is 15.1 Å². The third-order valence-electron chi connectivity index (χ3n) is 7.52. The summed E-state index contributed by atoms with van der Waals surface area (Å²) in [6.07, 6.45) is -4.41. The second-order valence-electron chi connectivity index (χ2n) is 12.9. The Kier molecular flexibility index (Phi) is 12.4. The predicted octanol–water partition coefficient (Wildman–Crippen LogP) is 3.59. The minimum Gasteiger partial charge on any atom is -0.462 e. The van der Waals surface area contributed by atoms with Crippen molar-refractivity contribution in [2.45, 2.75) is 92.1 Å². The van der Waals surface area contributed by atoms with E-state index in [1.165, 1.54) is 29.8 Å². The Bertz CT molecular complexity index is 1800. The number of benzene rings is 1. The molecule has 1 aromatic carbocycles. The van der Waals surface area contributed by atoms with Gasteiger partial charge in [-0.1, -0.05) is 45.9 Å². The number of rotatable bonds is 15. The fourth-order valence-electron chi connectivity index (χ4n) is 5.05. The number of aryl methyl sites for hydroxylation is 1. The molecule has 278 valence electrons. The molecule has 0 bridgehead atoms. The van der Waals surface area contributed by atoms with E-state index in [9.17, 15) is 23.7 Å². The molecule has 18 heteroatoms. The van der Waals surface area contributed by atoms with E-state index in [1.807, 2.05) is 0 Å². The van der Waals surface area contributed by atoms with Crippen LogP contribution in [0.4, 0.5) is 5.82 Å². The molecule has 1 aliphatic heterocycles. The molecule has 0 spiro atoms. The topological polar surface area (TPSA) is 236 Å². The van der Waals surface area contributed by atoms with Gasteiger partial charge in [0.2, 0.25) is 0 Å². The van der Waals surface area contributed by atoms with Crippen LogP contribution in [-0.2, 0) is 42.4 Å². The average Bonchev–Trinajstić information content (AvgIpc) is 3.58. The van der Waals surface area contributed by atoms with Crippen LogP contribution in [0.2, 0.25) is 0 Å². The van der Waals surface area contributed by atoms with Crippen molar-refractivity contribution in [3.63, 3.8) is 0 Å². The number of fused-ring (bicyclic) bond motifs is 1. The first kappa shape index (κ1) is 39.2. The van der Waals surface area contributed by atoms with Crippen molar-refractivity contribution < 1.29 is 51.7 Å². The molecule has 3 heterocycles. The summed E-state index contributed by atoms with van der Waals surface area (Å²) in [5, 5.41) is 2.73. The number of para-hydroxylation sites is 1. The molecule has 17 nitrogen and oxygen atoms in total. The number of anilines is 1. The van der Waals surface area contributed by atoms with Crippen LogP contribution in [0.3, 0.4) is 0 Å². The van der Waals surface area contributed by atoms with Gasteiger partial charge in [0.1, 0.15) is 35.2 Å². The van der Waals surface area contributed by atoms with Gasteiger partial charge in [-0.2, -0.15) is 5.09 Å². The summed E-state index contributed by atoms with van der Waals surface area (Å²) < 4.78 is 50.8. The van der Waals surface area contributed by atoms with Crippen LogP contribution in [0.15, 0.2) is 36.5 Å². The minimum atomic E-state index is -4.43. The summed E-state index contributed by atoms with van der Waals surface area (Å²) in [6.45, 7) is 12.2. The Hall–Kier alpha value is -4.57. The number of nitrogens with two attached hydrogens (primary N) is 2. The fourth-order valence-corrected chi connectivity index (χ4v) is 6.55. The summed E-state index contributed by atoms with van der Waals surface area (Å²) in [7, 11) is -4.43. The SMILES string of the molecule is Cc1nc(N)c2c(C(N)=O)cn([C@@H]3OC(COP(=O)(N[C@@H](C)C(=O)OC(C)C)Oc4ccccc4)[C@@H](OC(=O)C(C)C)[C@H]3OC(=O)C(C)C)c2n1. The second kappa shape index (κ2) is 16.2. The van der Waals surface area contributed by atoms with Crippen LogP contribution >= 0.6 is 7.75 Å². The largest absolute Gasteiger partial charge is 0.462 e. The van der Waals surface area contributed by atoms with E-state index in [-0.39, 0.29) is 34.0 Å². The average molecular weight is 733 g/mol. The first-order chi connectivity index (χ1) is 23.9. The maximum absolute atomic E-state index is 14.3. The lowest BCUT2D eigenvalue weighted by molar-refractivity contribution is -0.172. The summed E-state index contributed by atoms with van der Waals surface area (Å²) in [5.41, 5.74) is 12.0. The number of esters is 3. The number of hydrogen-bond donors (Lipinski definition) is 3. The van der Waals surface area contributed by atoms with E-state index in [0.717, 1.165) is 0 Å². The standard InChI is InChI=1S/C33H45N6O11P/c1-16(2)31(41)48-25-23(15-45-51(44,50-21-12-10-9-11-13-21)38-19(7)33(43)46-18(5)6)47-30(26(25)49-32(42)17(3)4)39-14-22(28(35)40)24-27(34)36-20(8)37-29(24)39/h9-14,16-19,23,25-26,30H,15H2,1-8H3,(H2,35,40)(H,38,44)(H2,34,36,37)/t19-,23?,25+,26+,30+,51?/m0/s1. The third kappa shape index (κ3) is 9.41. The van der Waals surface area contributed by atoms with Crippen LogP contribution in [0.1, 0.15) is 70.9 Å². The first-order valence-corrected chi connectivity index (χ1v) is 17.9. The lowest BCUT2D eigenvalue weighted by Crippen LogP contribution is -2.42. The predicted molar refractivity (Wildman–Crippen MR) is 183 cm³/mol. The Balaban J connectivity index is 1.79. The number of carbonyl (C=O) groups is 4. The molecule has 5 N–H and O–H groups in total. The first-order valence-electron chi connectivity index (χ1n) is 16.4. The highest BCUT2D eigenvalue weighted by Gasteiger charge is 2.52. The van der Waals surface area contributed by atoms with E-state index in [4.69, 9.17) is 39.5 Å². The van der Waals surface area contributed by atoms with Crippen LogP contribution < -0.4 is 21.1 Å². The van der Waals surface area contributed by atoms with Gasteiger partial charge in [-0.25, -0.2) is 14.5 Å². The number of nitrogens with zero attached hydrogens (tertiary/aromatic N) is 3. The van der Waals surface area contributed by atoms with Gasteiger partial charge in [0, 0.05) is 6.20 Å². The molecule has 1 saturated heterocycles. The van der Waals surface area contributed by atoms with Gasteiger partial charge >= 0.3 is 25.7 Å². The van der Waals surface area contributed by atoms with Gasteiger partial charge in [0.25, 0.3) is 5.91 Å². The van der Waals surface area contributed by atoms with Gasteiger partial charge in [-0.15, -0.1) is 0 Å². The molecular formula is C33H45N6O11P. The monoisotopic (exact) mass is 732 g/mol. The van der Waals surface area contributed by atoms with Crippen molar-refractivity contribution in [2.24, 2.45) is 17.6 Å². The van der Waals surface area contributed by atoms with Crippen LogP contribution in [0.5, 0.6) is 5.75 Å². The highest BCUT2D eigenvalue weighted by molar-refractivity contribution is 7.52. The minimum absolute atomic E-state index is 0.0309. The number of carbonyl (C=O) groups excluding carboxylic acids is 4. The van der Waals surface area contributed by atoms with Crippen molar-refractivity contribution in [2.75, 3.05) is 12.3 Å². The zero-order valence-electron chi connectivity index (χ0n) is 29.7. The molecule has 0 radical (unpaired) electrons. The van der Waals surface area contributed by atoms with Gasteiger partial charge in [0.15, 0.2) is 18.4 Å². The van der Waals surface area contributed by atoms with Crippen LogP contribution in [0, 0.1) is 18.8 Å². The van der Waals surface area contributed by atoms with Gasteiger partial charge in [-0.3, -0.25) is 23.7 Å². The fraction of sp³-hybridized carbons (Fsp3) is 0.515. The maximum Gasteiger partial charge on any atom is 0.459 e. The molecule has 0 aliphatic carbocycles. The van der Waals surface area contributed by atoms with Crippen molar-refractivity contribution >= 4 is 48.4 Å². The Morgan fingerprint density at radius 3 is 2.12 bits per heavy atom. The molecule has 2 unspecified atom stereocenters.